The topological polar surface area (TPSA) is 103 Å². The molecule has 0 aliphatic carbocycles. The summed E-state index contributed by atoms with van der Waals surface area (Å²) in [5.41, 5.74) is 2.91. The summed E-state index contributed by atoms with van der Waals surface area (Å²) in [4.78, 5) is 19.2. The van der Waals surface area contributed by atoms with E-state index in [9.17, 15) is 13.2 Å². The summed E-state index contributed by atoms with van der Waals surface area (Å²) in [6.45, 7) is 4.53. The highest BCUT2D eigenvalue weighted by molar-refractivity contribution is 7.89. The fraction of sp³-hybridized carbons (Fsp3) is 0.222. The maximum absolute atomic E-state index is 13.1. The molecule has 36 heavy (non-hydrogen) atoms. The van der Waals surface area contributed by atoms with Gasteiger partial charge in [0.05, 0.1) is 23.1 Å². The third-order valence-electron chi connectivity index (χ3n) is 5.89. The molecule has 0 spiro atoms. The molecule has 1 heterocycles. The molecule has 1 aliphatic rings. The lowest BCUT2D eigenvalue weighted by Gasteiger charge is -2.22. The first-order valence-electron chi connectivity index (χ1n) is 11.6. The first-order chi connectivity index (χ1) is 17.4. The highest BCUT2D eigenvalue weighted by atomic mass is 32.2. The Morgan fingerprint density at radius 2 is 1.78 bits per heavy atom. The summed E-state index contributed by atoms with van der Waals surface area (Å²) in [6.07, 6.45) is 0. The van der Waals surface area contributed by atoms with Gasteiger partial charge in [0.2, 0.25) is 10.0 Å². The van der Waals surface area contributed by atoms with Crippen LogP contribution in [0.15, 0.2) is 82.7 Å². The minimum Gasteiger partial charge on any atom is -0.484 e. The van der Waals surface area contributed by atoms with Gasteiger partial charge in [0, 0.05) is 24.3 Å². The second-order valence-electron chi connectivity index (χ2n) is 8.08. The van der Waals surface area contributed by atoms with Crippen LogP contribution >= 0.6 is 0 Å². The molecular formula is C27H26N4O4S. The summed E-state index contributed by atoms with van der Waals surface area (Å²) in [6, 6.07) is 22.8. The Bertz CT molecular complexity index is 1440. The summed E-state index contributed by atoms with van der Waals surface area (Å²) in [5.74, 6) is 0.417. The Hall–Kier alpha value is -4.00. The molecule has 0 saturated carbocycles. The average molecular weight is 503 g/mol. The predicted octanol–water partition coefficient (Wildman–Crippen LogP) is 3.96. The van der Waals surface area contributed by atoms with Crippen LogP contribution in [0.25, 0.3) is 0 Å². The lowest BCUT2D eigenvalue weighted by molar-refractivity contribution is -0.119. The molecular weight excluding hydrogens is 476 g/mol. The first kappa shape index (κ1) is 25.1. The molecule has 0 N–H and O–H groups in total. The van der Waals surface area contributed by atoms with Crippen molar-refractivity contribution in [3.63, 3.8) is 0 Å². The van der Waals surface area contributed by atoms with Gasteiger partial charge in [-0.15, -0.1) is 0 Å². The minimum atomic E-state index is -3.65. The smallest absolute Gasteiger partial charge is 0.285 e. The SMILES string of the molecule is CCN(CC)S(=O)(=O)c1cccc(N2Cc3ccccc3C2=NC(=O)COc2ccc(C#N)cc2)c1. The van der Waals surface area contributed by atoms with Crippen molar-refractivity contribution in [2.75, 3.05) is 24.6 Å². The van der Waals surface area contributed by atoms with Gasteiger partial charge in [-0.1, -0.05) is 44.2 Å². The van der Waals surface area contributed by atoms with Crippen LogP contribution < -0.4 is 9.64 Å². The average Bonchev–Trinajstić information content (AvgIpc) is 3.26. The molecule has 0 radical (unpaired) electrons. The van der Waals surface area contributed by atoms with Crippen LogP contribution in [-0.4, -0.2) is 44.2 Å². The molecule has 0 fully saturated rings. The highest BCUT2D eigenvalue weighted by Crippen LogP contribution is 2.31. The van der Waals surface area contributed by atoms with Crippen LogP contribution in [0.1, 0.15) is 30.5 Å². The van der Waals surface area contributed by atoms with Crippen molar-refractivity contribution >= 4 is 27.5 Å². The van der Waals surface area contributed by atoms with Gasteiger partial charge >= 0.3 is 0 Å². The number of rotatable bonds is 8. The summed E-state index contributed by atoms with van der Waals surface area (Å²) < 4.78 is 33.1. The van der Waals surface area contributed by atoms with Crippen LogP contribution in [0, 0.1) is 11.3 Å². The second-order valence-corrected chi connectivity index (χ2v) is 10.0. The van der Waals surface area contributed by atoms with E-state index in [1.165, 1.54) is 4.31 Å². The summed E-state index contributed by atoms with van der Waals surface area (Å²) >= 11 is 0. The van der Waals surface area contributed by atoms with Crippen molar-refractivity contribution < 1.29 is 17.9 Å². The van der Waals surface area contributed by atoms with Gasteiger partial charge in [-0.05, 0) is 48.0 Å². The van der Waals surface area contributed by atoms with Crippen molar-refractivity contribution in [3.05, 3.63) is 89.5 Å². The normalized spacial score (nSPS) is 14.1. The van der Waals surface area contributed by atoms with E-state index < -0.39 is 15.9 Å². The van der Waals surface area contributed by atoms with E-state index in [0.29, 0.717) is 42.5 Å². The van der Waals surface area contributed by atoms with E-state index >= 15 is 0 Å². The zero-order chi connectivity index (χ0) is 25.7. The van der Waals surface area contributed by atoms with Crippen LogP contribution in [-0.2, 0) is 21.4 Å². The number of carbonyl (C=O) groups excluding carboxylic acids is 1. The number of aliphatic imine (C=N–C) groups is 1. The van der Waals surface area contributed by atoms with Crippen molar-refractivity contribution in [3.8, 4) is 11.8 Å². The minimum absolute atomic E-state index is 0.189. The number of hydrogen-bond donors (Lipinski definition) is 0. The standard InChI is InChI=1S/C27H26N4O4S/c1-3-30(4-2)36(33,34)24-10-7-9-22(16-24)31-18-21-8-5-6-11-25(21)27(31)29-26(32)19-35-23-14-12-20(17-28)13-15-23/h5-16H,3-4,18-19H2,1-2H3. The third kappa shape index (κ3) is 5.15. The lowest BCUT2D eigenvalue weighted by atomic mass is 10.1. The fourth-order valence-corrected chi connectivity index (χ4v) is 5.54. The van der Waals surface area contributed by atoms with Crippen molar-refractivity contribution in [2.45, 2.75) is 25.3 Å². The fourth-order valence-electron chi connectivity index (χ4n) is 4.05. The molecule has 3 aromatic rings. The van der Waals surface area contributed by atoms with E-state index in [-0.39, 0.29) is 11.5 Å². The Morgan fingerprint density at radius 1 is 1.06 bits per heavy atom. The zero-order valence-corrected chi connectivity index (χ0v) is 20.9. The largest absolute Gasteiger partial charge is 0.484 e. The number of amidine groups is 1. The van der Waals surface area contributed by atoms with Gasteiger partial charge in [-0.3, -0.25) is 4.79 Å². The number of carbonyl (C=O) groups is 1. The lowest BCUT2D eigenvalue weighted by Crippen LogP contribution is -2.31. The Labute approximate surface area is 211 Å². The number of nitrogens with zero attached hydrogens (tertiary/aromatic N) is 4. The van der Waals surface area contributed by atoms with Crippen LogP contribution in [0.3, 0.4) is 0 Å². The van der Waals surface area contributed by atoms with Crippen molar-refractivity contribution in [1.82, 2.24) is 4.31 Å². The number of anilines is 1. The van der Waals surface area contributed by atoms with E-state index in [0.717, 1.165) is 11.1 Å². The quantitative estimate of drug-likeness (QED) is 0.462. The number of benzene rings is 3. The van der Waals surface area contributed by atoms with Gasteiger partial charge in [-0.25, -0.2) is 8.42 Å². The number of hydrogen-bond acceptors (Lipinski definition) is 5. The monoisotopic (exact) mass is 502 g/mol. The molecule has 3 aromatic carbocycles. The number of ether oxygens (including phenoxy) is 1. The Kier molecular flexibility index (Phi) is 7.48. The predicted molar refractivity (Wildman–Crippen MR) is 137 cm³/mol. The second kappa shape index (κ2) is 10.7. The van der Waals surface area contributed by atoms with Crippen LogP contribution in [0.2, 0.25) is 0 Å². The van der Waals surface area contributed by atoms with Crippen LogP contribution in [0.4, 0.5) is 5.69 Å². The molecule has 0 aromatic heterocycles. The van der Waals surface area contributed by atoms with Gasteiger partial charge in [-0.2, -0.15) is 14.6 Å². The first-order valence-corrected chi connectivity index (χ1v) is 13.0. The van der Waals surface area contributed by atoms with Gasteiger partial charge in [0.15, 0.2) is 6.61 Å². The van der Waals surface area contributed by atoms with Crippen molar-refractivity contribution in [1.29, 1.82) is 5.26 Å². The number of fused-ring (bicyclic) bond motifs is 1. The van der Waals surface area contributed by atoms with E-state index in [1.54, 1.807) is 62.4 Å². The van der Waals surface area contributed by atoms with Gasteiger partial charge in [0.25, 0.3) is 5.91 Å². The van der Waals surface area contributed by atoms with E-state index in [2.05, 4.69) is 4.99 Å². The molecule has 1 amide bonds. The molecule has 8 nitrogen and oxygen atoms in total. The summed E-state index contributed by atoms with van der Waals surface area (Å²) in [7, 11) is -3.65. The number of amides is 1. The maximum Gasteiger partial charge on any atom is 0.285 e. The molecule has 1 aliphatic heterocycles. The molecule has 0 bridgehead atoms. The Morgan fingerprint density at radius 3 is 2.47 bits per heavy atom. The Balaban J connectivity index is 1.63. The number of nitriles is 1. The zero-order valence-electron chi connectivity index (χ0n) is 20.1. The maximum atomic E-state index is 13.1. The molecule has 9 heteroatoms. The molecule has 0 unspecified atom stereocenters. The van der Waals surface area contributed by atoms with E-state index in [1.807, 2.05) is 35.2 Å². The molecule has 0 saturated heterocycles. The van der Waals surface area contributed by atoms with Crippen molar-refractivity contribution in [2.24, 2.45) is 4.99 Å². The molecule has 184 valence electrons. The third-order valence-corrected chi connectivity index (χ3v) is 7.94. The molecule has 4 rings (SSSR count). The highest BCUT2D eigenvalue weighted by Gasteiger charge is 2.29. The van der Waals surface area contributed by atoms with Gasteiger partial charge in [0.1, 0.15) is 11.6 Å². The van der Waals surface area contributed by atoms with Gasteiger partial charge < -0.3 is 9.64 Å². The molecule has 0 atom stereocenters. The van der Waals surface area contributed by atoms with E-state index in [4.69, 9.17) is 10.00 Å². The number of sulfonamides is 1. The van der Waals surface area contributed by atoms with Crippen LogP contribution in [0.5, 0.6) is 5.75 Å². The summed E-state index contributed by atoms with van der Waals surface area (Å²) in [5, 5.41) is 8.92.